The fourth-order valence-electron chi connectivity index (χ4n) is 3.87. The van der Waals surface area contributed by atoms with E-state index in [2.05, 4.69) is 5.32 Å². The number of amides is 2. The average Bonchev–Trinajstić information content (AvgIpc) is 2.79. The zero-order chi connectivity index (χ0) is 24.7. The van der Waals surface area contributed by atoms with Crippen LogP contribution in [-0.2, 0) is 29.0 Å². The smallest absolute Gasteiger partial charge is 0.243 e. The largest absolute Gasteiger partial charge is 0.352 e. The highest BCUT2D eigenvalue weighted by Gasteiger charge is 2.30. The molecule has 0 saturated carbocycles. The quantitative estimate of drug-likeness (QED) is 0.394. The number of hydrogen-bond donors (Lipinski definition) is 1. The second-order valence-corrected chi connectivity index (χ2v) is 9.62. The van der Waals surface area contributed by atoms with Crippen LogP contribution in [0, 0.1) is 6.92 Å². The first-order valence-electron chi connectivity index (χ1n) is 11.4. The lowest BCUT2D eigenvalue weighted by Gasteiger charge is -2.32. The lowest BCUT2D eigenvalue weighted by Crippen LogP contribution is -2.52. The molecule has 6 heteroatoms. The molecule has 3 aromatic carbocycles. The minimum atomic E-state index is -0.666. The van der Waals surface area contributed by atoms with Gasteiger partial charge < -0.3 is 10.2 Å². The lowest BCUT2D eigenvalue weighted by atomic mass is 10.0. The summed E-state index contributed by atoms with van der Waals surface area (Å²) in [7, 11) is 0. The van der Waals surface area contributed by atoms with Crippen molar-refractivity contribution in [2.45, 2.75) is 52.2 Å². The number of carbonyl (C=O) groups is 2. The summed E-state index contributed by atoms with van der Waals surface area (Å²) in [4.78, 5) is 28.7. The van der Waals surface area contributed by atoms with Gasteiger partial charge in [0.05, 0.1) is 16.5 Å². The number of carbonyl (C=O) groups excluding carboxylic acids is 2. The van der Waals surface area contributed by atoms with Gasteiger partial charge >= 0.3 is 0 Å². The average molecular weight is 497 g/mol. The van der Waals surface area contributed by atoms with Crippen LogP contribution in [0.4, 0.5) is 0 Å². The summed E-state index contributed by atoms with van der Waals surface area (Å²) in [5, 5.41) is 3.84. The number of hydrogen-bond acceptors (Lipinski definition) is 2. The predicted molar refractivity (Wildman–Crippen MR) is 139 cm³/mol. The first kappa shape index (κ1) is 25.8. The highest BCUT2D eigenvalue weighted by Crippen LogP contribution is 2.24. The third-order valence-electron chi connectivity index (χ3n) is 5.48. The van der Waals surface area contributed by atoms with Crippen LogP contribution in [0.25, 0.3) is 0 Å². The van der Waals surface area contributed by atoms with Crippen molar-refractivity contribution in [3.05, 3.63) is 105 Å². The molecule has 0 fully saturated rings. The van der Waals surface area contributed by atoms with E-state index < -0.39 is 6.04 Å². The van der Waals surface area contributed by atoms with E-state index in [1.165, 1.54) is 0 Å². The normalized spacial score (nSPS) is 11.8. The number of nitrogens with zero attached hydrogens (tertiary/aromatic N) is 1. The number of aryl methyl sites for hydroxylation is 1. The summed E-state index contributed by atoms with van der Waals surface area (Å²) in [6.45, 7) is 6.17. The second-order valence-electron chi connectivity index (χ2n) is 8.80. The topological polar surface area (TPSA) is 49.4 Å². The molecule has 2 amide bonds. The Bertz CT molecular complexity index is 1130. The molecular weight excluding hydrogens is 467 g/mol. The Kier molecular flexibility index (Phi) is 9.14. The highest BCUT2D eigenvalue weighted by atomic mass is 35.5. The molecule has 0 aliphatic rings. The van der Waals surface area contributed by atoms with Gasteiger partial charge in [0, 0.05) is 19.0 Å². The molecule has 0 bridgehead atoms. The molecule has 0 aliphatic heterocycles. The van der Waals surface area contributed by atoms with E-state index in [9.17, 15) is 9.59 Å². The van der Waals surface area contributed by atoms with Crippen LogP contribution in [0.2, 0.25) is 10.0 Å². The molecule has 34 heavy (non-hydrogen) atoms. The highest BCUT2D eigenvalue weighted by molar-refractivity contribution is 6.42. The monoisotopic (exact) mass is 496 g/mol. The van der Waals surface area contributed by atoms with Crippen molar-refractivity contribution in [3.8, 4) is 0 Å². The molecule has 0 aromatic heterocycles. The summed E-state index contributed by atoms with van der Waals surface area (Å²) in [5.74, 6) is -0.325. The van der Waals surface area contributed by atoms with Crippen molar-refractivity contribution in [1.82, 2.24) is 10.2 Å². The summed E-state index contributed by atoms with van der Waals surface area (Å²) >= 11 is 12.2. The molecule has 0 unspecified atom stereocenters. The number of halogens is 2. The van der Waals surface area contributed by atoms with Crippen LogP contribution in [0.3, 0.4) is 0 Å². The van der Waals surface area contributed by atoms with E-state index in [1.807, 2.05) is 75.4 Å². The molecule has 0 saturated heterocycles. The van der Waals surface area contributed by atoms with Gasteiger partial charge in [-0.1, -0.05) is 89.4 Å². The molecule has 3 rings (SSSR count). The number of nitrogens with one attached hydrogen (secondary N) is 1. The maximum atomic E-state index is 13.7. The lowest BCUT2D eigenvalue weighted by molar-refractivity contribution is -0.141. The zero-order valence-electron chi connectivity index (χ0n) is 19.7. The van der Waals surface area contributed by atoms with Crippen molar-refractivity contribution in [2.24, 2.45) is 0 Å². The van der Waals surface area contributed by atoms with Crippen LogP contribution in [-0.4, -0.2) is 28.8 Å². The third kappa shape index (κ3) is 7.34. The Hall–Kier alpha value is -2.82. The van der Waals surface area contributed by atoms with Gasteiger partial charge in [-0.15, -0.1) is 0 Å². The molecule has 178 valence electrons. The van der Waals surface area contributed by atoms with Gasteiger partial charge in [-0.2, -0.15) is 0 Å². The molecule has 0 radical (unpaired) electrons. The Morgan fingerprint density at radius 2 is 1.56 bits per heavy atom. The molecule has 1 atom stereocenters. The standard InChI is InChI=1S/C28H30Cl2N2O2/c1-19(2)31-28(34)26(16-21-9-5-4-6-10-21)32(18-23-11-7-8-20(3)14-23)27(33)17-22-12-13-24(29)25(30)15-22/h4-15,19,26H,16-18H2,1-3H3,(H,31,34)/t26-/m0/s1. The van der Waals surface area contributed by atoms with Gasteiger partial charge in [0.1, 0.15) is 6.04 Å². The maximum Gasteiger partial charge on any atom is 0.243 e. The summed E-state index contributed by atoms with van der Waals surface area (Å²) in [5.41, 5.74) is 3.80. The summed E-state index contributed by atoms with van der Waals surface area (Å²) < 4.78 is 0. The molecule has 0 aliphatic carbocycles. The number of rotatable bonds is 9. The minimum absolute atomic E-state index is 0.0447. The number of benzene rings is 3. The van der Waals surface area contributed by atoms with Gasteiger partial charge in [-0.05, 0) is 49.6 Å². The Balaban J connectivity index is 1.98. The van der Waals surface area contributed by atoms with Crippen LogP contribution < -0.4 is 5.32 Å². The van der Waals surface area contributed by atoms with Crippen molar-refractivity contribution in [3.63, 3.8) is 0 Å². The molecule has 0 spiro atoms. The van der Waals surface area contributed by atoms with Crippen LogP contribution >= 0.6 is 23.2 Å². The molecule has 3 aromatic rings. The Labute approximate surface area is 211 Å². The van der Waals surface area contributed by atoms with E-state index in [4.69, 9.17) is 23.2 Å². The summed E-state index contributed by atoms with van der Waals surface area (Å²) in [6, 6.07) is 22.2. The van der Waals surface area contributed by atoms with Crippen LogP contribution in [0.15, 0.2) is 72.8 Å². The Morgan fingerprint density at radius 1 is 0.853 bits per heavy atom. The van der Waals surface area contributed by atoms with Gasteiger partial charge in [0.25, 0.3) is 0 Å². The molecule has 1 N–H and O–H groups in total. The zero-order valence-corrected chi connectivity index (χ0v) is 21.2. The molecular formula is C28H30Cl2N2O2. The van der Waals surface area contributed by atoms with Gasteiger partial charge in [0.15, 0.2) is 0 Å². The van der Waals surface area contributed by atoms with E-state index in [1.54, 1.807) is 23.1 Å². The minimum Gasteiger partial charge on any atom is -0.352 e. The third-order valence-corrected chi connectivity index (χ3v) is 6.22. The van der Waals surface area contributed by atoms with Gasteiger partial charge in [0.2, 0.25) is 11.8 Å². The van der Waals surface area contributed by atoms with Crippen molar-refractivity contribution in [1.29, 1.82) is 0 Å². The second kappa shape index (κ2) is 12.0. The van der Waals surface area contributed by atoms with Crippen LogP contribution in [0.5, 0.6) is 0 Å². The maximum absolute atomic E-state index is 13.7. The molecule has 0 heterocycles. The first-order chi connectivity index (χ1) is 16.2. The first-order valence-corrected chi connectivity index (χ1v) is 12.1. The van der Waals surface area contributed by atoms with Gasteiger partial charge in [-0.3, -0.25) is 9.59 Å². The van der Waals surface area contributed by atoms with Crippen molar-refractivity contribution >= 4 is 35.0 Å². The fourth-order valence-corrected chi connectivity index (χ4v) is 4.19. The summed E-state index contributed by atoms with van der Waals surface area (Å²) in [6.07, 6.45) is 0.529. The van der Waals surface area contributed by atoms with Crippen LogP contribution in [0.1, 0.15) is 36.1 Å². The van der Waals surface area contributed by atoms with Gasteiger partial charge in [-0.25, -0.2) is 0 Å². The van der Waals surface area contributed by atoms with E-state index >= 15 is 0 Å². The van der Waals surface area contributed by atoms with E-state index in [-0.39, 0.29) is 24.3 Å². The SMILES string of the molecule is Cc1cccc(CN(C(=O)Cc2ccc(Cl)c(Cl)c2)[C@@H](Cc2ccccc2)C(=O)NC(C)C)c1. The van der Waals surface area contributed by atoms with E-state index in [0.29, 0.717) is 23.0 Å². The van der Waals surface area contributed by atoms with Crippen molar-refractivity contribution in [2.75, 3.05) is 0 Å². The van der Waals surface area contributed by atoms with Crippen molar-refractivity contribution < 1.29 is 9.59 Å². The predicted octanol–water partition coefficient (Wildman–Crippen LogP) is 6.01. The molecule has 4 nitrogen and oxygen atoms in total. The fraction of sp³-hybridized carbons (Fsp3) is 0.286. The Morgan fingerprint density at radius 3 is 2.21 bits per heavy atom. The van der Waals surface area contributed by atoms with E-state index in [0.717, 1.165) is 22.3 Å².